The highest BCUT2D eigenvalue weighted by Gasteiger charge is 3.02. The minimum atomic E-state index is -10.4. The van der Waals surface area contributed by atoms with Crippen molar-refractivity contribution in [3.05, 3.63) is 0 Å². The molecule has 0 unspecified atom stereocenters. The van der Waals surface area contributed by atoms with Crippen LogP contribution in [0.4, 0.5) is 162 Å². The van der Waals surface area contributed by atoms with E-state index >= 15 is 0 Å². The fourth-order valence-electron chi connectivity index (χ4n) is 4.27. The molecule has 0 fully saturated rings. The molecule has 0 bridgehead atoms. The van der Waals surface area contributed by atoms with Crippen LogP contribution in [0, 0.1) is 0 Å². The smallest absolute Gasteiger partial charge is 0.373 e. The molecule has 0 aromatic carbocycles. The first-order valence-corrected chi connectivity index (χ1v) is 16.0. The monoisotopic (exact) mass is 1070 g/mol. The SMILES string of the molecule is CO[Si](OC)(OC)C(F)(F)C(F)(F)C(F)(F)C(F)(F)C(F)(F)C(F)(F)C(F)(F)C(F)(F)C(F)(F)C(F)(F)C(F)(F)C(F)(F)C(F)(F)C(F)(F)C(F)(F)C(F)(F)C(F)(F)CCC(F)(F)F. The molecule has 64 heavy (non-hydrogen) atoms. The molecule has 0 aromatic heterocycles. The summed E-state index contributed by atoms with van der Waals surface area (Å²) in [7, 11) is -8.35. The first-order chi connectivity index (χ1) is 27.1. The van der Waals surface area contributed by atoms with Crippen molar-refractivity contribution in [2.75, 3.05) is 21.3 Å². The molecular weight excluding hydrogens is 1060 g/mol. The lowest BCUT2D eigenvalue weighted by Gasteiger charge is -2.47. The van der Waals surface area contributed by atoms with Gasteiger partial charge in [0.1, 0.15) is 0 Å². The zero-order chi connectivity index (χ0) is 53.0. The third-order valence-corrected chi connectivity index (χ3v) is 11.0. The standard InChI is InChI=1S/C23H13F37O3Si/c1-61-64(62-2,63-3)23(59,60)22(57,58)21(55,56)20(53,54)19(51,52)18(49,50)17(47,48)16(45,46)15(43,44)14(41,42)13(39,40)12(37,38)11(35,36)10(33,34)9(31,32)8(29,30)6(24,25)4-5-7(26,27)28/h4-5H2,1-3H3. The Bertz CT molecular complexity index is 1630. The van der Waals surface area contributed by atoms with Crippen LogP contribution in [0.25, 0.3) is 0 Å². The van der Waals surface area contributed by atoms with Gasteiger partial charge in [-0.05, 0) is 0 Å². The molecule has 0 aliphatic carbocycles. The van der Waals surface area contributed by atoms with E-state index in [1.165, 1.54) is 0 Å². The summed E-state index contributed by atoms with van der Waals surface area (Å²) < 4.78 is 524. The first-order valence-electron chi connectivity index (χ1n) is 14.3. The molecule has 41 heteroatoms. The van der Waals surface area contributed by atoms with Gasteiger partial charge in [0.25, 0.3) is 0 Å². The van der Waals surface area contributed by atoms with Gasteiger partial charge in [-0.2, -0.15) is 162 Å². The van der Waals surface area contributed by atoms with Gasteiger partial charge in [-0.25, -0.2) is 0 Å². The molecule has 0 spiro atoms. The molecule has 0 atom stereocenters. The molecule has 0 aromatic rings. The van der Waals surface area contributed by atoms with E-state index in [1.807, 2.05) is 0 Å². The fraction of sp³-hybridized carbons (Fsp3) is 1.00. The predicted molar refractivity (Wildman–Crippen MR) is 126 cm³/mol. The Balaban J connectivity index is 7.89. The van der Waals surface area contributed by atoms with Crippen molar-refractivity contribution in [1.82, 2.24) is 0 Å². The molecule has 0 saturated carbocycles. The van der Waals surface area contributed by atoms with E-state index in [0.29, 0.717) is 0 Å². The second kappa shape index (κ2) is 15.8. The van der Waals surface area contributed by atoms with Gasteiger partial charge in [-0.1, -0.05) is 0 Å². The molecule has 3 nitrogen and oxygen atoms in total. The minimum Gasteiger partial charge on any atom is -0.373 e. The van der Waals surface area contributed by atoms with Gasteiger partial charge in [0.2, 0.25) is 0 Å². The summed E-state index contributed by atoms with van der Waals surface area (Å²) in [5.74, 6) is -156. The van der Waals surface area contributed by atoms with Crippen LogP contribution in [-0.4, -0.2) is 137 Å². The van der Waals surface area contributed by atoms with Crippen LogP contribution in [0.1, 0.15) is 12.8 Å². The highest BCUT2D eigenvalue weighted by Crippen LogP contribution is 2.70. The summed E-state index contributed by atoms with van der Waals surface area (Å²) in [4.78, 5) is 0. The highest BCUT2D eigenvalue weighted by molar-refractivity contribution is 6.63. The highest BCUT2D eigenvalue weighted by atomic mass is 28.4. The maximum atomic E-state index is 14.4. The molecule has 0 aliphatic heterocycles. The van der Waals surface area contributed by atoms with Crippen LogP contribution < -0.4 is 0 Å². The van der Waals surface area contributed by atoms with Gasteiger partial charge in [-0.15, -0.1) is 0 Å². The number of hydrogen-bond acceptors (Lipinski definition) is 3. The summed E-state index contributed by atoms with van der Waals surface area (Å²) in [5, 5.41) is 0. The molecule has 0 rings (SSSR count). The Morgan fingerprint density at radius 2 is 0.391 bits per heavy atom. The molecule has 0 amide bonds. The largest absolute Gasteiger partial charge is 0.581 e. The Hall–Kier alpha value is -2.49. The molecule has 386 valence electrons. The maximum absolute atomic E-state index is 14.4. The summed E-state index contributed by atoms with van der Waals surface area (Å²) in [6.07, 6.45) is -13.9. The lowest BCUT2D eigenvalue weighted by Crippen LogP contribution is -2.81. The van der Waals surface area contributed by atoms with Crippen molar-refractivity contribution in [2.24, 2.45) is 0 Å². The van der Waals surface area contributed by atoms with Gasteiger partial charge in [0.05, 0.1) is 0 Å². The van der Waals surface area contributed by atoms with Crippen molar-refractivity contribution in [2.45, 2.75) is 119 Å². The van der Waals surface area contributed by atoms with E-state index in [9.17, 15) is 162 Å². The van der Waals surface area contributed by atoms with Crippen molar-refractivity contribution in [1.29, 1.82) is 0 Å². The minimum absolute atomic E-state index is 0.367. The number of alkyl halides is 37. The summed E-state index contributed by atoms with van der Waals surface area (Å²) in [5.41, 5.74) is -7.53. The van der Waals surface area contributed by atoms with Crippen LogP contribution in [0.5, 0.6) is 0 Å². The molecule has 0 aliphatic rings. The lowest BCUT2D eigenvalue weighted by atomic mass is 9.82. The molecule has 0 radical (unpaired) electrons. The van der Waals surface area contributed by atoms with Crippen LogP contribution in [0.2, 0.25) is 0 Å². The Kier molecular flexibility index (Phi) is 15.2. The summed E-state index contributed by atoms with van der Waals surface area (Å²) in [6.45, 7) is 0. The van der Waals surface area contributed by atoms with Crippen molar-refractivity contribution >= 4 is 8.80 Å². The lowest BCUT2D eigenvalue weighted by molar-refractivity contribution is -0.490. The van der Waals surface area contributed by atoms with Crippen molar-refractivity contribution in [3.63, 3.8) is 0 Å². The van der Waals surface area contributed by atoms with Crippen LogP contribution in [0.3, 0.4) is 0 Å². The number of rotatable bonds is 22. The maximum Gasteiger partial charge on any atom is 0.581 e. The van der Waals surface area contributed by atoms with Crippen LogP contribution >= 0.6 is 0 Å². The van der Waals surface area contributed by atoms with E-state index in [0.717, 1.165) is 0 Å². The predicted octanol–water partition coefficient (Wildman–Crippen LogP) is 12.5. The number of halogens is 37. The molecule has 0 heterocycles. The average Bonchev–Trinajstić information content (AvgIpc) is 3.09. The average molecular weight is 1070 g/mol. The molecule has 0 saturated heterocycles. The van der Waals surface area contributed by atoms with Crippen molar-refractivity contribution < 1.29 is 176 Å². The van der Waals surface area contributed by atoms with E-state index in [2.05, 4.69) is 13.3 Å². The van der Waals surface area contributed by atoms with Gasteiger partial charge in [-0.3, -0.25) is 0 Å². The van der Waals surface area contributed by atoms with Crippen LogP contribution in [0.15, 0.2) is 0 Å². The summed E-state index contributed by atoms with van der Waals surface area (Å²) >= 11 is 0. The Morgan fingerprint density at radius 1 is 0.234 bits per heavy atom. The molecular formula is C23H13F37O3Si. The Morgan fingerprint density at radius 3 is 0.547 bits per heavy atom. The van der Waals surface area contributed by atoms with E-state index in [1.54, 1.807) is 0 Å². The van der Waals surface area contributed by atoms with Crippen LogP contribution in [-0.2, 0) is 13.3 Å². The first kappa shape index (κ1) is 61.5. The van der Waals surface area contributed by atoms with E-state index < -0.39 is 128 Å². The number of hydrogen-bond donors (Lipinski definition) is 0. The third kappa shape index (κ3) is 7.35. The topological polar surface area (TPSA) is 27.7 Å². The molecule has 0 N–H and O–H groups in total. The Labute approximate surface area is 326 Å². The van der Waals surface area contributed by atoms with Gasteiger partial charge in [0.15, 0.2) is 0 Å². The van der Waals surface area contributed by atoms with Gasteiger partial charge < -0.3 is 13.3 Å². The zero-order valence-corrected chi connectivity index (χ0v) is 30.1. The zero-order valence-electron chi connectivity index (χ0n) is 29.1. The normalized spacial score (nSPS) is 17.1. The second-order valence-corrected chi connectivity index (χ2v) is 15.1. The van der Waals surface area contributed by atoms with Gasteiger partial charge >= 0.3 is 115 Å². The third-order valence-electron chi connectivity index (χ3n) is 8.29. The van der Waals surface area contributed by atoms with Crippen molar-refractivity contribution in [3.8, 4) is 0 Å². The van der Waals surface area contributed by atoms with Gasteiger partial charge in [0, 0.05) is 34.2 Å². The van der Waals surface area contributed by atoms with E-state index in [-0.39, 0.29) is 21.3 Å². The quantitative estimate of drug-likeness (QED) is 0.0799. The van der Waals surface area contributed by atoms with E-state index in [4.69, 9.17) is 0 Å². The second-order valence-electron chi connectivity index (χ2n) is 12.2. The fourth-order valence-corrected chi connectivity index (χ4v) is 6.08. The summed E-state index contributed by atoms with van der Waals surface area (Å²) in [6, 6.07) is 0.